The van der Waals surface area contributed by atoms with Gasteiger partial charge in [-0.05, 0) is 16.9 Å². The molecule has 0 aliphatic heterocycles. The van der Waals surface area contributed by atoms with Crippen molar-refractivity contribution in [3.63, 3.8) is 0 Å². The Bertz CT molecular complexity index is 176. The van der Waals surface area contributed by atoms with Gasteiger partial charge in [-0.25, -0.2) is 0 Å². The maximum atomic E-state index is 5.36. The van der Waals surface area contributed by atoms with Crippen LogP contribution in [-0.2, 0) is 4.74 Å². The first-order valence-electron chi connectivity index (χ1n) is 4.90. The van der Waals surface area contributed by atoms with Crippen molar-refractivity contribution in [1.29, 1.82) is 0 Å². The van der Waals surface area contributed by atoms with Gasteiger partial charge in [0.2, 0.25) is 0 Å². The molecule has 1 nitrogen and oxygen atoms in total. The number of ether oxygens (including phenoxy) is 1. The number of methoxy groups -OCH3 is 1. The maximum Gasteiger partial charge on any atom is 0.0926 e. The van der Waals surface area contributed by atoms with Crippen molar-refractivity contribution in [3.8, 4) is 0 Å². The van der Waals surface area contributed by atoms with Crippen molar-refractivity contribution in [2.24, 2.45) is 10.8 Å². The number of rotatable bonds is 2. The first kappa shape index (κ1) is 12.5. The number of hydrogen-bond donors (Lipinski definition) is 0. The van der Waals surface area contributed by atoms with Gasteiger partial charge in [-0.3, -0.25) is 0 Å². The predicted molar refractivity (Wildman–Crippen MR) is 58.6 cm³/mol. The molecule has 0 amide bonds. The largest absolute Gasteiger partial charge is 0.501 e. The van der Waals surface area contributed by atoms with Gasteiger partial charge < -0.3 is 4.74 Å². The Morgan fingerprint density at radius 2 is 1.54 bits per heavy atom. The van der Waals surface area contributed by atoms with Gasteiger partial charge in [-0.1, -0.05) is 41.5 Å². The number of allylic oxidation sites excluding steroid dienone is 2. The third-order valence-corrected chi connectivity index (χ3v) is 1.56. The lowest BCUT2D eigenvalue weighted by Crippen LogP contribution is -2.10. The average Bonchev–Trinajstić information content (AvgIpc) is 1.79. The molecule has 0 aromatic heterocycles. The van der Waals surface area contributed by atoms with E-state index in [9.17, 15) is 0 Å². The van der Waals surface area contributed by atoms with Crippen LogP contribution in [-0.4, -0.2) is 7.11 Å². The highest BCUT2D eigenvalue weighted by Gasteiger charge is 2.16. The van der Waals surface area contributed by atoms with E-state index in [1.165, 1.54) is 0 Å². The van der Waals surface area contributed by atoms with Crippen LogP contribution in [0.1, 0.15) is 48.0 Å². The zero-order chi connectivity index (χ0) is 10.7. The van der Waals surface area contributed by atoms with Crippen LogP contribution >= 0.6 is 0 Å². The molecule has 0 aliphatic rings. The molecule has 0 rings (SSSR count). The molecule has 0 fully saturated rings. The van der Waals surface area contributed by atoms with E-state index in [1.807, 2.05) is 0 Å². The number of hydrogen-bond acceptors (Lipinski definition) is 1. The minimum atomic E-state index is 0.205. The quantitative estimate of drug-likeness (QED) is 0.589. The summed E-state index contributed by atoms with van der Waals surface area (Å²) in [4.78, 5) is 0. The fourth-order valence-electron chi connectivity index (χ4n) is 1.19. The van der Waals surface area contributed by atoms with Crippen molar-refractivity contribution in [2.45, 2.75) is 48.0 Å². The molecule has 0 aliphatic carbocycles. The van der Waals surface area contributed by atoms with Gasteiger partial charge in [0, 0.05) is 6.42 Å². The molecule has 0 aromatic rings. The molecule has 0 heterocycles. The highest BCUT2D eigenvalue weighted by Crippen LogP contribution is 2.27. The van der Waals surface area contributed by atoms with Crippen LogP contribution in [0.25, 0.3) is 0 Å². The second kappa shape index (κ2) is 4.17. The van der Waals surface area contributed by atoms with Crippen LogP contribution in [0.15, 0.2) is 11.8 Å². The minimum absolute atomic E-state index is 0.205. The standard InChI is InChI=1S/C12H24O/c1-11(2,3)8-10(13-7)9-12(4,5)6/h8H,9H2,1-7H3/b10-8-. The van der Waals surface area contributed by atoms with E-state index in [4.69, 9.17) is 4.74 Å². The molecule has 0 N–H and O–H groups in total. The molecule has 1 heteroatoms. The van der Waals surface area contributed by atoms with Gasteiger partial charge in [-0.15, -0.1) is 0 Å². The van der Waals surface area contributed by atoms with E-state index in [2.05, 4.69) is 47.6 Å². The van der Waals surface area contributed by atoms with Crippen molar-refractivity contribution in [3.05, 3.63) is 11.8 Å². The average molecular weight is 184 g/mol. The zero-order valence-corrected chi connectivity index (χ0v) is 10.2. The maximum absolute atomic E-state index is 5.36. The highest BCUT2D eigenvalue weighted by molar-refractivity contribution is 5.02. The lowest BCUT2D eigenvalue weighted by molar-refractivity contribution is 0.230. The van der Waals surface area contributed by atoms with E-state index in [-0.39, 0.29) is 5.41 Å². The first-order valence-corrected chi connectivity index (χ1v) is 4.90. The first-order chi connectivity index (χ1) is 5.64. The predicted octanol–water partition coefficient (Wildman–Crippen LogP) is 4.00. The van der Waals surface area contributed by atoms with Crippen LogP contribution < -0.4 is 0 Å². The van der Waals surface area contributed by atoms with Crippen molar-refractivity contribution >= 4 is 0 Å². The summed E-state index contributed by atoms with van der Waals surface area (Å²) in [5, 5.41) is 0. The Kier molecular flexibility index (Phi) is 4.02. The Labute approximate surface area is 83.2 Å². The third-order valence-electron chi connectivity index (χ3n) is 1.56. The van der Waals surface area contributed by atoms with Gasteiger partial charge in [0.1, 0.15) is 0 Å². The fourth-order valence-corrected chi connectivity index (χ4v) is 1.19. The minimum Gasteiger partial charge on any atom is -0.501 e. The van der Waals surface area contributed by atoms with E-state index in [1.54, 1.807) is 7.11 Å². The van der Waals surface area contributed by atoms with Crippen LogP contribution in [0.4, 0.5) is 0 Å². The van der Waals surface area contributed by atoms with E-state index >= 15 is 0 Å². The zero-order valence-electron chi connectivity index (χ0n) is 10.2. The summed E-state index contributed by atoms with van der Waals surface area (Å²) in [6.45, 7) is 13.2. The Morgan fingerprint density at radius 3 is 1.77 bits per heavy atom. The normalized spacial score (nSPS) is 14.5. The molecule has 0 bridgehead atoms. The fraction of sp³-hybridized carbons (Fsp3) is 0.833. The molecule has 13 heavy (non-hydrogen) atoms. The lowest BCUT2D eigenvalue weighted by Gasteiger charge is -2.22. The lowest BCUT2D eigenvalue weighted by atomic mass is 9.88. The van der Waals surface area contributed by atoms with Crippen LogP contribution in [0.3, 0.4) is 0 Å². The van der Waals surface area contributed by atoms with Gasteiger partial charge in [-0.2, -0.15) is 0 Å². The molecule has 0 spiro atoms. The van der Waals surface area contributed by atoms with Gasteiger partial charge in [0.25, 0.3) is 0 Å². The highest BCUT2D eigenvalue weighted by atomic mass is 16.5. The van der Waals surface area contributed by atoms with Crippen LogP contribution in [0.2, 0.25) is 0 Å². The van der Waals surface area contributed by atoms with Gasteiger partial charge in [0.05, 0.1) is 12.9 Å². The topological polar surface area (TPSA) is 9.23 Å². The van der Waals surface area contributed by atoms with Crippen LogP contribution in [0.5, 0.6) is 0 Å². The molecule has 0 atom stereocenters. The van der Waals surface area contributed by atoms with Crippen molar-refractivity contribution in [2.75, 3.05) is 7.11 Å². The van der Waals surface area contributed by atoms with Crippen molar-refractivity contribution < 1.29 is 4.74 Å². The Balaban J connectivity index is 4.45. The molecule has 0 radical (unpaired) electrons. The Hall–Kier alpha value is -0.460. The summed E-state index contributed by atoms with van der Waals surface area (Å²) in [7, 11) is 1.75. The molecular formula is C12H24O. The van der Waals surface area contributed by atoms with Crippen LogP contribution in [0, 0.1) is 10.8 Å². The molecule has 0 aromatic carbocycles. The monoisotopic (exact) mass is 184 g/mol. The second-order valence-electron chi connectivity index (χ2n) is 5.92. The summed E-state index contributed by atoms with van der Waals surface area (Å²) >= 11 is 0. The van der Waals surface area contributed by atoms with E-state index in [0.717, 1.165) is 12.2 Å². The van der Waals surface area contributed by atoms with E-state index < -0.39 is 0 Å². The van der Waals surface area contributed by atoms with E-state index in [0.29, 0.717) is 5.41 Å². The molecular weight excluding hydrogens is 160 g/mol. The molecule has 0 saturated heterocycles. The Morgan fingerprint density at radius 1 is 1.08 bits per heavy atom. The smallest absolute Gasteiger partial charge is 0.0926 e. The summed E-state index contributed by atoms with van der Waals surface area (Å²) in [6.07, 6.45) is 3.21. The summed E-state index contributed by atoms with van der Waals surface area (Å²) in [5.74, 6) is 1.10. The summed E-state index contributed by atoms with van der Waals surface area (Å²) in [6, 6.07) is 0. The third kappa shape index (κ3) is 7.89. The summed E-state index contributed by atoms with van der Waals surface area (Å²) < 4.78 is 5.36. The molecule has 78 valence electrons. The summed E-state index contributed by atoms with van der Waals surface area (Å²) in [5.41, 5.74) is 0.504. The van der Waals surface area contributed by atoms with Gasteiger partial charge >= 0.3 is 0 Å². The van der Waals surface area contributed by atoms with Crippen molar-refractivity contribution in [1.82, 2.24) is 0 Å². The second-order valence-corrected chi connectivity index (χ2v) is 5.92. The molecule has 0 unspecified atom stereocenters. The SMILES string of the molecule is CO/C(=C\C(C)(C)C)CC(C)(C)C. The molecule has 0 saturated carbocycles. The van der Waals surface area contributed by atoms with Gasteiger partial charge in [0.15, 0.2) is 0 Å².